The molecule has 0 fully saturated rings. The number of Topliss-reactive ketones (excluding diaryl/α,β-unsaturated/α-hetero) is 1. The van der Waals surface area contributed by atoms with Gasteiger partial charge in [-0.2, -0.15) is 0 Å². The minimum Gasteiger partial charge on any atom is -0.503 e. The van der Waals surface area contributed by atoms with Crippen LogP contribution in [0.4, 0.5) is 10.1 Å². The largest absolute Gasteiger partial charge is 0.503 e. The Labute approximate surface area is 151 Å². The number of halogens is 1. The average Bonchev–Trinajstić information content (AvgIpc) is 2.88. The lowest BCUT2D eigenvalue weighted by Gasteiger charge is -2.27. The lowest BCUT2D eigenvalue weighted by atomic mass is 9.92. The van der Waals surface area contributed by atoms with E-state index in [1.54, 1.807) is 12.1 Å². The van der Waals surface area contributed by atoms with Crippen molar-refractivity contribution in [2.45, 2.75) is 26.3 Å². The van der Waals surface area contributed by atoms with Crippen molar-refractivity contribution in [1.29, 1.82) is 0 Å². The van der Waals surface area contributed by atoms with Gasteiger partial charge in [0.05, 0.1) is 11.6 Å². The van der Waals surface area contributed by atoms with E-state index in [2.05, 4.69) is 0 Å². The Kier molecular flexibility index (Phi) is 4.89. The molecule has 0 spiro atoms. The Bertz CT molecular complexity index is 857. The molecule has 1 aliphatic heterocycles. The van der Waals surface area contributed by atoms with Crippen LogP contribution in [0.2, 0.25) is 0 Å². The molecule has 0 aliphatic carbocycles. The minimum absolute atomic E-state index is 0.0918. The molecule has 1 heterocycles. The summed E-state index contributed by atoms with van der Waals surface area (Å²) in [5, 5.41) is 10.5. The van der Waals surface area contributed by atoms with Gasteiger partial charge in [0.25, 0.3) is 5.91 Å². The molecule has 0 bridgehead atoms. The van der Waals surface area contributed by atoms with Gasteiger partial charge in [0, 0.05) is 12.1 Å². The molecule has 0 saturated carbocycles. The van der Waals surface area contributed by atoms with Crippen molar-refractivity contribution in [3.63, 3.8) is 0 Å². The van der Waals surface area contributed by atoms with Gasteiger partial charge in [0.1, 0.15) is 5.82 Å². The van der Waals surface area contributed by atoms with E-state index in [4.69, 9.17) is 0 Å². The maximum atomic E-state index is 13.3. The van der Waals surface area contributed by atoms with Crippen LogP contribution in [0.3, 0.4) is 0 Å². The third kappa shape index (κ3) is 3.25. The van der Waals surface area contributed by atoms with E-state index in [1.807, 2.05) is 32.0 Å². The van der Waals surface area contributed by atoms with Crippen LogP contribution in [0.1, 0.15) is 31.9 Å². The van der Waals surface area contributed by atoms with Gasteiger partial charge in [-0.3, -0.25) is 14.5 Å². The van der Waals surface area contributed by atoms with Gasteiger partial charge in [0.2, 0.25) is 0 Å². The topological polar surface area (TPSA) is 57.6 Å². The van der Waals surface area contributed by atoms with Gasteiger partial charge >= 0.3 is 0 Å². The Hall–Kier alpha value is -2.95. The van der Waals surface area contributed by atoms with Gasteiger partial charge in [-0.15, -0.1) is 0 Å². The Morgan fingerprint density at radius 1 is 1.12 bits per heavy atom. The second kappa shape index (κ2) is 7.12. The molecule has 0 aromatic heterocycles. The Balaban J connectivity index is 2.12. The fourth-order valence-electron chi connectivity index (χ4n) is 3.19. The van der Waals surface area contributed by atoms with Crippen molar-refractivity contribution in [1.82, 2.24) is 0 Å². The van der Waals surface area contributed by atoms with E-state index < -0.39 is 23.5 Å². The summed E-state index contributed by atoms with van der Waals surface area (Å²) in [6.07, 6.45) is 0.229. The summed E-state index contributed by atoms with van der Waals surface area (Å²) in [6.45, 7) is 3.81. The summed E-state index contributed by atoms with van der Waals surface area (Å²) in [5.41, 5.74) is 1.23. The number of anilines is 1. The van der Waals surface area contributed by atoms with E-state index in [-0.39, 0.29) is 23.7 Å². The maximum absolute atomic E-state index is 13.3. The van der Waals surface area contributed by atoms with Crippen LogP contribution in [-0.2, 0) is 9.59 Å². The first-order valence-corrected chi connectivity index (χ1v) is 8.50. The zero-order valence-corrected chi connectivity index (χ0v) is 14.6. The summed E-state index contributed by atoms with van der Waals surface area (Å²) in [5.74, 6) is -1.78. The number of aliphatic hydroxyl groups is 1. The second-order valence-corrected chi connectivity index (χ2v) is 6.75. The van der Waals surface area contributed by atoms with Crippen molar-refractivity contribution < 1.29 is 19.1 Å². The van der Waals surface area contributed by atoms with Crippen LogP contribution in [0.5, 0.6) is 0 Å². The van der Waals surface area contributed by atoms with Crippen molar-refractivity contribution in [2.75, 3.05) is 4.90 Å². The molecule has 1 N–H and O–H groups in total. The van der Waals surface area contributed by atoms with E-state index >= 15 is 0 Å². The predicted molar refractivity (Wildman–Crippen MR) is 97.2 cm³/mol. The summed E-state index contributed by atoms with van der Waals surface area (Å²) in [7, 11) is 0. The highest BCUT2D eigenvalue weighted by molar-refractivity contribution is 6.16. The van der Waals surface area contributed by atoms with Crippen molar-refractivity contribution in [3.8, 4) is 0 Å². The fourth-order valence-corrected chi connectivity index (χ4v) is 3.19. The van der Waals surface area contributed by atoms with E-state index in [9.17, 15) is 19.1 Å². The lowest BCUT2D eigenvalue weighted by molar-refractivity contribution is -0.118. The number of ketones is 1. The molecule has 3 rings (SSSR count). The Morgan fingerprint density at radius 2 is 1.73 bits per heavy atom. The summed E-state index contributed by atoms with van der Waals surface area (Å²) < 4.78 is 13.3. The number of hydrogen-bond donors (Lipinski definition) is 1. The molecule has 1 amide bonds. The van der Waals surface area contributed by atoms with Gasteiger partial charge in [0.15, 0.2) is 11.5 Å². The minimum atomic E-state index is -0.736. The van der Waals surface area contributed by atoms with Crippen LogP contribution < -0.4 is 4.90 Å². The Morgan fingerprint density at radius 3 is 2.31 bits per heavy atom. The molecular weight excluding hydrogens is 333 g/mol. The zero-order chi connectivity index (χ0) is 18.8. The van der Waals surface area contributed by atoms with Crippen LogP contribution in [-0.4, -0.2) is 16.8 Å². The van der Waals surface area contributed by atoms with Gasteiger partial charge in [-0.05, 0) is 35.7 Å². The van der Waals surface area contributed by atoms with Crippen molar-refractivity contribution in [3.05, 3.63) is 77.3 Å². The molecule has 134 valence electrons. The highest BCUT2D eigenvalue weighted by Gasteiger charge is 2.44. The average molecular weight is 353 g/mol. The van der Waals surface area contributed by atoms with E-state index in [0.29, 0.717) is 11.3 Å². The number of benzene rings is 2. The van der Waals surface area contributed by atoms with Crippen LogP contribution in [0.15, 0.2) is 65.9 Å². The third-order valence-electron chi connectivity index (χ3n) is 4.32. The highest BCUT2D eigenvalue weighted by Crippen LogP contribution is 2.41. The molecule has 26 heavy (non-hydrogen) atoms. The normalized spacial score (nSPS) is 17.3. The molecule has 1 unspecified atom stereocenters. The van der Waals surface area contributed by atoms with Crippen molar-refractivity contribution in [2.24, 2.45) is 5.92 Å². The highest BCUT2D eigenvalue weighted by atomic mass is 19.1. The number of carbonyl (C=O) groups is 2. The second-order valence-electron chi connectivity index (χ2n) is 6.75. The SMILES string of the molecule is CC(C)CC(=O)C1=C(O)C(=O)N(c2ccc(F)cc2)C1c1ccccc1. The number of amides is 1. The summed E-state index contributed by atoms with van der Waals surface area (Å²) >= 11 is 0. The monoisotopic (exact) mass is 353 g/mol. The molecule has 0 saturated heterocycles. The molecule has 2 aromatic carbocycles. The zero-order valence-electron chi connectivity index (χ0n) is 14.6. The quantitative estimate of drug-likeness (QED) is 0.870. The van der Waals surface area contributed by atoms with Crippen LogP contribution in [0.25, 0.3) is 0 Å². The van der Waals surface area contributed by atoms with Crippen LogP contribution in [0, 0.1) is 11.7 Å². The smallest absolute Gasteiger partial charge is 0.294 e. The lowest BCUT2D eigenvalue weighted by Crippen LogP contribution is -2.31. The first-order chi connectivity index (χ1) is 12.4. The number of hydrogen-bond acceptors (Lipinski definition) is 3. The van der Waals surface area contributed by atoms with Crippen molar-refractivity contribution >= 4 is 17.4 Å². The van der Waals surface area contributed by atoms with Crippen LogP contribution >= 0.6 is 0 Å². The molecule has 1 atom stereocenters. The van der Waals surface area contributed by atoms with Gasteiger partial charge in [-0.1, -0.05) is 44.2 Å². The third-order valence-corrected chi connectivity index (χ3v) is 4.32. The first kappa shape index (κ1) is 17.9. The van der Waals surface area contributed by atoms with Gasteiger partial charge < -0.3 is 5.11 Å². The summed E-state index contributed by atoms with van der Waals surface area (Å²) in [4.78, 5) is 26.9. The fraction of sp³-hybridized carbons (Fsp3) is 0.238. The van der Waals surface area contributed by atoms with E-state index in [0.717, 1.165) is 0 Å². The molecule has 0 radical (unpaired) electrons. The van der Waals surface area contributed by atoms with Gasteiger partial charge in [-0.25, -0.2) is 4.39 Å². The first-order valence-electron chi connectivity index (χ1n) is 8.50. The van der Waals surface area contributed by atoms with E-state index in [1.165, 1.54) is 29.2 Å². The number of nitrogens with zero attached hydrogens (tertiary/aromatic N) is 1. The number of aliphatic hydroxyl groups excluding tert-OH is 1. The summed E-state index contributed by atoms with van der Waals surface area (Å²) in [6, 6.07) is 13.7. The molecule has 4 nitrogen and oxygen atoms in total. The number of rotatable bonds is 5. The maximum Gasteiger partial charge on any atom is 0.294 e. The molecular formula is C21H20FNO3. The molecule has 1 aliphatic rings. The standard InChI is InChI=1S/C21H20FNO3/c1-13(2)12-17(24)18-19(14-6-4-3-5-7-14)23(21(26)20(18)25)16-10-8-15(22)9-11-16/h3-11,13,19,25H,12H2,1-2H3. The number of carbonyl (C=O) groups excluding carboxylic acids is 2. The molecule has 2 aromatic rings. The molecule has 5 heteroatoms. The predicted octanol–water partition coefficient (Wildman–Crippen LogP) is 4.34.